The van der Waals surface area contributed by atoms with Crippen molar-refractivity contribution in [2.45, 2.75) is 45.3 Å². The lowest BCUT2D eigenvalue weighted by Gasteiger charge is -2.36. The van der Waals surface area contributed by atoms with E-state index in [2.05, 4.69) is 22.3 Å². The Kier molecular flexibility index (Phi) is 8.37. The Bertz CT molecular complexity index is 748. The highest BCUT2D eigenvalue weighted by Gasteiger charge is 2.31. The number of hydrogen-bond donors (Lipinski definition) is 1. The number of carbonyl (C=O) groups excluding carboxylic acids is 2. The molecule has 1 unspecified atom stereocenters. The fourth-order valence-corrected chi connectivity index (χ4v) is 4.17. The van der Waals surface area contributed by atoms with Gasteiger partial charge in [-0.1, -0.05) is 12.1 Å². The number of likely N-dealkylation sites (tertiary alicyclic amines) is 1. The van der Waals surface area contributed by atoms with Gasteiger partial charge in [0.15, 0.2) is 0 Å². The van der Waals surface area contributed by atoms with E-state index in [0.29, 0.717) is 45.7 Å². The molecule has 1 aromatic carbocycles. The summed E-state index contributed by atoms with van der Waals surface area (Å²) in [6, 6.07) is 8.11. The van der Waals surface area contributed by atoms with Gasteiger partial charge in [-0.2, -0.15) is 0 Å². The number of nitrogens with one attached hydrogen (secondary N) is 1. The molecule has 0 bridgehead atoms. The van der Waals surface area contributed by atoms with Crippen LogP contribution in [0.4, 0.5) is 4.79 Å². The number of morpholine rings is 1. The molecule has 2 heterocycles. The van der Waals surface area contributed by atoms with Crippen LogP contribution in [0.3, 0.4) is 0 Å². The summed E-state index contributed by atoms with van der Waals surface area (Å²) in [5.74, 6) is 0.783. The van der Waals surface area contributed by atoms with Crippen LogP contribution in [-0.2, 0) is 14.3 Å². The Morgan fingerprint density at radius 3 is 2.28 bits per heavy atom. The maximum absolute atomic E-state index is 12.9. The lowest BCUT2D eigenvalue weighted by molar-refractivity contribution is -0.126. The van der Waals surface area contributed by atoms with Crippen LogP contribution in [0, 0.1) is 5.92 Å². The Hall–Kier alpha value is -2.32. The third kappa shape index (κ3) is 6.84. The standard InChI is InChI=1S/C24H37N3O5/c1-24(2,3)32-23(29)27-11-9-19(10-12-27)22(28)25-17-21(26-13-15-31-16-14-26)18-5-7-20(30-4)8-6-18/h5-8,19,21H,9-17H2,1-4H3,(H,25,28). The van der Waals surface area contributed by atoms with Crippen molar-refractivity contribution in [1.82, 2.24) is 15.1 Å². The van der Waals surface area contributed by atoms with E-state index in [0.717, 1.165) is 24.4 Å². The lowest BCUT2D eigenvalue weighted by Crippen LogP contribution is -2.47. The maximum Gasteiger partial charge on any atom is 0.410 e. The second-order valence-electron chi connectivity index (χ2n) is 9.42. The number of carbonyl (C=O) groups is 2. The molecule has 2 saturated heterocycles. The minimum Gasteiger partial charge on any atom is -0.497 e. The summed E-state index contributed by atoms with van der Waals surface area (Å²) in [6.07, 6.45) is 0.995. The fourth-order valence-electron chi connectivity index (χ4n) is 4.17. The van der Waals surface area contributed by atoms with Gasteiger partial charge in [0.2, 0.25) is 5.91 Å². The van der Waals surface area contributed by atoms with E-state index in [4.69, 9.17) is 14.2 Å². The number of piperidine rings is 1. The molecule has 8 nitrogen and oxygen atoms in total. The van der Waals surface area contributed by atoms with E-state index in [-0.39, 0.29) is 24.0 Å². The largest absolute Gasteiger partial charge is 0.497 e. The number of nitrogens with zero attached hydrogens (tertiary/aromatic N) is 2. The smallest absolute Gasteiger partial charge is 0.410 e. The van der Waals surface area contributed by atoms with Crippen molar-refractivity contribution < 1.29 is 23.8 Å². The van der Waals surface area contributed by atoms with Gasteiger partial charge in [-0.05, 0) is 51.3 Å². The molecule has 8 heteroatoms. The molecule has 1 atom stereocenters. The van der Waals surface area contributed by atoms with Crippen molar-refractivity contribution in [2.24, 2.45) is 5.92 Å². The summed E-state index contributed by atoms with van der Waals surface area (Å²) < 4.78 is 16.2. The van der Waals surface area contributed by atoms with E-state index < -0.39 is 5.60 Å². The molecule has 0 saturated carbocycles. The van der Waals surface area contributed by atoms with Crippen molar-refractivity contribution in [3.05, 3.63) is 29.8 Å². The molecule has 2 amide bonds. The fraction of sp³-hybridized carbons (Fsp3) is 0.667. The van der Waals surface area contributed by atoms with Crippen LogP contribution in [-0.4, -0.2) is 80.4 Å². The highest BCUT2D eigenvalue weighted by Crippen LogP contribution is 2.25. The third-order valence-corrected chi connectivity index (χ3v) is 5.97. The molecule has 2 aliphatic heterocycles. The van der Waals surface area contributed by atoms with Crippen LogP contribution in [0.15, 0.2) is 24.3 Å². The minimum absolute atomic E-state index is 0.0561. The van der Waals surface area contributed by atoms with Gasteiger partial charge < -0.3 is 24.4 Å². The zero-order valence-corrected chi connectivity index (χ0v) is 19.8. The zero-order chi connectivity index (χ0) is 23.1. The molecule has 0 radical (unpaired) electrons. The first-order valence-corrected chi connectivity index (χ1v) is 11.5. The van der Waals surface area contributed by atoms with Crippen LogP contribution in [0.5, 0.6) is 5.75 Å². The number of ether oxygens (including phenoxy) is 3. The monoisotopic (exact) mass is 447 g/mol. The van der Waals surface area contributed by atoms with E-state index in [1.165, 1.54) is 0 Å². The van der Waals surface area contributed by atoms with Crippen molar-refractivity contribution >= 4 is 12.0 Å². The normalized spacial score (nSPS) is 19.3. The van der Waals surface area contributed by atoms with Gasteiger partial charge in [-0.15, -0.1) is 0 Å². The molecule has 1 aromatic rings. The molecule has 0 aromatic heterocycles. The third-order valence-electron chi connectivity index (χ3n) is 5.97. The number of amides is 2. The Morgan fingerprint density at radius 1 is 1.09 bits per heavy atom. The summed E-state index contributed by atoms with van der Waals surface area (Å²) in [7, 11) is 1.66. The van der Waals surface area contributed by atoms with Crippen molar-refractivity contribution in [3.8, 4) is 5.75 Å². The molecular formula is C24H37N3O5. The second kappa shape index (κ2) is 11.0. The first kappa shape index (κ1) is 24.3. The van der Waals surface area contributed by atoms with Gasteiger partial charge in [-0.25, -0.2) is 4.79 Å². The van der Waals surface area contributed by atoms with Gasteiger partial charge in [0, 0.05) is 38.6 Å². The van der Waals surface area contributed by atoms with E-state index in [1.807, 2.05) is 32.9 Å². The second-order valence-corrected chi connectivity index (χ2v) is 9.42. The van der Waals surface area contributed by atoms with Crippen molar-refractivity contribution in [2.75, 3.05) is 53.0 Å². The van der Waals surface area contributed by atoms with Crippen molar-refractivity contribution in [1.29, 1.82) is 0 Å². The predicted octanol–water partition coefficient (Wildman–Crippen LogP) is 2.83. The summed E-state index contributed by atoms with van der Waals surface area (Å²) in [5.41, 5.74) is 0.633. The molecule has 3 rings (SSSR count). The molecule has 1 N–H and O–H groups in total. The molecule has 0 aliphatic carbocycles. The summed E-state index contributed by atoms with van der Waals surface area (Å²) >= 11 is 0. The molecular weight excluding hydrogens is 410 g/mol. The highest BCUT2D eigenvalue weighted by atomic mass is 16.6. The van der Waals surface area contributed by atoms with Gasteiger partial charge in [0.1, 0.15) is 11.4 Å². The summed E-state index contributed by atoms with van der Waals surface area (Å²) in [6.45, 7) is 10.3. The number of methoxy groups -OCH3 is 1. The molecule has 32 heavy (non-hydrogen) atoms. The van der Waals surface area contributed by atoms with Gasteiger partial charge in [-0.3, -0.25) is 9.69 Å². The average molecular weight is 448 g/mol. The van der Waals surface area contributed by atoms with Gasteiger partial charge in [0.05, 0.1) is 26.4 Å². The quantitative estimate of drug-likeness (QED) is 0.722. The summed E-state index contributed by atoms with van der Waals surface area (Å²) in [4.78, 5) is 29.2. The minimum atomic E-state index is -0.513. The zero-order valence-electron chi connectivity index (χ0n) is 19.8. The van der Waals surface area contributed by atoms with Crippen LogP contribution < -0.4 is 10.1 Å². The predicted molar refractivity (Wildman–Crippen MR) is 122 cm³/mol. The molecule has 2 fully saturated rings. The topological polar surface area (TPSA) is 80.3 Å². The maximum atomic E-state index is 12.9. The van der Waals surface area contributed by atoms with Crippen LogP contribution in [0.2, 0.25) is 0 Å². The molecule has 178 valence electrons. The summed E-state index contributed by atoms with van der Waals surface area (Å²) in [5, 5.41) is 3.17. The van der Waals surface area contributed by atoms with Gasteiger partial charge in [0.25, 0.3) is 0 Å². The van der Waals surface area contributed by atoms with Crippen LogP contribution in [0.1, 0.15) is 45.2 Å². The average Bonchev–Trinajstić information content (AvgIpc) is 2.79. The Labute approximate surface area is 191 Å². The highest BCUT2D eigenvalue weighted by molar-refractivity contribution is 5.79. The Balaban J connectivity index is 1.55. The molecule has 2 aliphatic rings. The Morgan fingerprint density at radius 2 is 1.72 bits per heavy atom. The first-order chi connectivity index (χ1) is 15.3. The van der Waals surface area contributed by atoms with Crippen LogP contribution in [0.25, 0.3) is 0 Å². The van der Waals surface area contributed by atoms with Crippen LogP contribution >= 0.6 is 0 Å². The first-order valence-electron chi connectivity index (χ1n) is 11.5. The van der Waals surface area contributed by atoms with E-state index in [1.54, 1.807) is 12.0 Å². The van der Waals surface area contributed by atoms with E-state index >= 15 is 0 Å². The number of benzene rings is 1. The van der Waals surface area contributed by atoms with E-state index in [9.17, 15) is 9.59 Å². The SMILES string of the molecule is COc1ccc(C(CNC(=O)C2CCN(C(=O)OC(C)(C)C)CC2)N2CCOCC2)cc1. The van der Waals surface area contributed by atoms with Crippen molar-refractivity contribution in [3.63, 3.8) is 0 Å². The van der Waals surface area contributed by atoms with Gasteiger partial charge >= 0.3 is 6.09 Å². The molecule has 0 spiro atoms. The number of hydrogen-bond acceptors (Lipinski definition) is 6. The lowest BCUT2D eigenvalue weighted by atomic mass is 9.95. The number of rotatable bonds is 6.